The number of fused-ring (bicyclic) bond motifs is 1. The van der Waals surface area contributed by atoms with Crippen molar-refractivity contribution in [2.45, 2.75) is 31.0 Å². The van der Waals surface area contributed by atoms with Crippen molar-refractivity contribution in [2.24, 2.45) is 0 Å². The SMILES string of the molecule is CC1CN(S(=O)(=O)c2cccc(-c3nn(-c4ccccc4)cc3/C=C(\C#N)c3nc4ccccc4s3)c2)CC(C)O1. The van der Waals surface area contributed by atoms with Crippen molar-refractivity contribution in [1.82, 2.24) is 19.1 Å². The smallest absolute Gasteiger partial charge is 0.243 e. The Morgan fingerprint density at radius 2 is 1.76 bits per heavy atom. The highest BCUT2D eigenvalue weighted by Crippen LogP contribution is 2.32. The van der Waals surface area contributed by atoms with Crippen LogP contribution in [0.2, 0.25) is 0 Å². The number of nitrogens with zero attached hydrogens (tertiary/aromatic N) is 5. The van der Waals surface area contributed by atoms with E-state index in [2.05, 4.69) is 11.1 Å². The maximum Gasteiger partial charge on any atom is 0.243 e. The van der Waals surface area contributed by atoms with Crippen LogP contribution in [0, 0.1) is 11.3 Å². The number of thiazole rings is 1. The van der Waals surface area contributed by atoms with Gasteiger partial charge < -0.3 is 4.74 Å². The molecular formula is C31H27N5O3S2. The summed E-state index contributed by atoms with van der Waals surface area (Å²) in [7, 11) is -3.76. The molecule has 3 aromatic carbocycles. The first-order valence-corrected chi connectivity index (χ1v) is 15.5. The zero-order chi connectivity index (χ0) is 28.6. The lowest BCUT2D eigenvalue weighted by atomic mass is 10.1. The number of benzene rings is 3. The molecule has 2 aromatic heterocycles. The average molecular weight is 582 g/mol. The van der Waals surface area contributed by atoms with Gasteiger partial charge in [0.2, 0.25) is 10.0 Å². The molecule has 0 aliphatic carbocycles. The van der Waals surface area contributed by atoms with Gasteiger partial charge in [-0.15, -0.1) is 11.3 Å². The zero-order valence-electron chi connectivity index (χ0n) is 22.5. The predicted molar refractivity (Wildman–Crippen MR) is 161 cm³/mol. The molecule has 2 atom stereocenters. The monoisotopic (exact) mass is 581 g/mol. The van der Waals surface area contributed by atoms with E-state index in [-0.39, 0.29) is 17.1 Å². The molecule has 8 nitrogen and oxygen atoms in total. The molecule has 0 bridgehead atoms. The molecule has 1 aliphatic rings. The van der Waals surface area contributed by atoms with Gasteiger partial charge in [-0.05, 0) is 56.3 Å². The van der Waals surface area contributed by atoms with Gasteiger partial charge >= 0.3 is 0 Å². The summed E-state index contributed by atoms with van der Waals surface area (Å²) in [5, 5.41) is 15.6. The third-order valence-electron chi connectivity index (χ3n) is 6.84. The molecule has 3 heterocycles. The summed E-state index contributed by atoms with van der Waals surface area (Å²) in [5.74, 6) is 0. The number of ether oxygens (including phenoxy) is 1. The van der Waals surface area contributed by atoms with E-state index in [4.69, 9.17) is 9.84 Å². The fourth-order valence-corrected chi connectivity index (χ4v) is 7.56. The molecule has 5 aromatic rings. The van der Waals surface area contributed by atoms with Gasteiger partial charge in [0.05, 0.1) is 38.6 Å². The zero-order valence-corrected chi connectivity index (χ0v) is 24.1. The van der Waals surface area contributed by atoms with Crippen LogP contribution in [0.1, 0.15) is 24.4 Å². The van der Waals surface area contributed by atoms with Crippen LogP contribution in [0.3, 0.4) is 0 Å². The number of hydrogen-bond acceptors (Lipinski definition) is 7. The van der Waals surface area contributed by atoms with Gasteiger partial charge in [-0.2, -0.15) is 14.7 Å². The normalized spacial score (nSPS) is 18.4. The van der Waals surface area contributed by atoms with E-state index in [1.807, 2.05) is 80.7 Å². The Hall–Kier alpha value is -4.14. The number of hydrogen-bond donors (Lipinski definition) is 0. The summed E-state index contributed by atoms with van der Waals surface area (Å²) in [4.78, 5) is 4.85. The van der Waals surface area contributed by atoms with Gasteiger partial charge in [-0.1, -0.05) is 42.5 Å². The first kappa shape index (κ1) is 27.1. The van der Waals surface area contributed by atoms with Crippen LogP contribution in [0.25, 0.3) is 38.8 Å². The Bertz CT molecular complexity index is 1860. The molecule has 6 rings (SSSR count). The second kappa shape index (κ2) is 11.0. The molecule has 1 aliphatic heterocycles. The molecule has 0 radical (unpaired) electrons. The number of aromatic nitrogens is 3. The lowest BCUT2D eigenvalue weighted by molar-refractivity contribution is -0.0440. The molecule has 0 spiro atoms. The molecule has 10 heteroatoms. The van der Waals surface area contributed by atoms with E-state index < -0.39 is 10.0 Å². The van der Waals surface area contributed by atoms with E-state index >= 15 is 0 Å². The average Bonchev–Trinajstić information content (AvgIpc) is 3.60. The maximum atomic E-state index is 13.7. The van der Waals surface area contributed by atoms with Gasteiger partial charge in [0, 0.05) is 30.4 Å². The highest BCUT2D eigenvalue weighted by Gasteiger charge is 2.32. The Morgan fingerprint density at radius 1 is 1.02 bits per heavy atom. The first-order chi connectivity index (χ1) is 19.8. The lowest BCUT2D eigenvalue weighted by Crippen LogP contribution is -2.48. The van der Waals surface area contributed by atoms with Gasteiger partial charge in [0.15, 0.2) is 0 Å². The molecule has 1 fully saturated rings. The maximum absolute atomic E-state index is 13.7. The summed E-state index contributed by atoms with van der Waals surface area (Å²) in [6.07, 6.45) is 3.23. The quantitative estimate of drug-likeness (QED) is 0.228. The summed E-state index contributed by atoms with van der Waals surface area (Å²) < 4.78 is 37.3. The number of sulfonamides is 1. The Kier molecular flexibility index (Phi) is 7.28. The second-order valence-corrected chi connectivity index (χ2v) is 12.9. The van der Waals surface area contributed by atoms with Crippen LogP contribution in [0.15, 0.2) is 90.0 Å². The third-order valence-corrected chi connectivity index (χ3v) is 9.74. The first-order valence-electron chi connectivity index (χ1n) is 13.2. The number of allylic oxidation sites excluding steroid dienone is 1. The fourth-order valence-electron chi connectivity index (χ4n) is 4.99. The van der Waals surface area contributed by atoms with Crippen molar-refractivity contribution in [2.75, 3.05) is 13.1 Å². The Labute approximate surface area is 242 Å². The molecule has 0 N–H and O–H groups in total. The summed E-state index contributed by atoms with van der Waals surface area (Å²) in [6.45, 7) is 4.34. The number of rotatable bonds is 6. The summed E-state index contributed by atoms with van der Waals surface area (Å²) in [6, 6.07) is 26.5. The minimum atomic E-state index is -3.76. The van der Waals surface area contributed by atoms with Crippen LogP contribution in [0.5, 0.6) is 0 Å². The number of para-hydroxylation sites is 2. The van der Waals surface area contributed by atoms with Crippen LogP contribution < -0.4 is 0 Å². The second-order valence-electron chi connectivity index (χ2n) is 9.98. The lowest BCUT2D eigenvalue weighted by Gasteiger charge is -2.34. The van der Waals surface area contributed by atoms with E-state index in [9.17, 15) is 13.7 Å². The topological polar surface area (TPSA) is 101 Å². The summed E-state index contributed by atoms with van der Waals surface area (Å²) in [5.41, 5.74) is 3.94. The highest BCUT2D eigenvalue weighted by molar-refractivity contribution is 7.89. The van der Waals surface area contributed by atoms with Crippen LogP contribution in [0.4, 0.5) is 0 Å². The van der Waals surface area contributed by atoms with Gasteiger partial charge in [0.25, 0.3) is 0 Å². The Balaban J connectivity index is 1.46. The third kappa shape index (κ3) is 5.45. The standard InChI is InChI=1S/C31H27N5O3S2/c1-21-18-35(19-22(2)39-21)41(37,38)27-12-8-9-23(16-27)30-25(20-36(34-30)26-10-4-3-5-11-26)15-24(17-32)31-33-28-13-6-7-14-29(28)40-31/h3-16,20-22H,18-19H2,1-2H3/b24-15+. The molecule has 0 amide bonds. The largest absolute Gasteiger partial charge is 0.373 e. The van der Waals surface area contributed by atoms with Crippen LogP contribution >= 0.6 is 11.3 Å². The molecule has 0 saturated carbocycles. The number of nitriles is 1. The van der Waals surface area contributed by atoms with E-state index in [1.165, 1.54) is 15.6 Å². The van der Waals surface area contributed by atoms with Crippen molar-refractivity contribution < 1.29 is 13.2 Å². The molecule has 206 valence electrons. The van der Waals surface area contributed by atoms with Crippen molar-refractivity contribution in [3.8, 4) is 23.0 Å². The highest BCUT2D eigenvalue weighted by atomic mass is 32.2. The van der Waals surface area contributed by atoms with Crippen molar-refractivity contribution in [1.29, 1.82) is 5.26 Å². The number of morpholine rings is 1. The minimum Gasteiger partial charge on any atom is -0.373 e. The van der Waals surface area contributed by atoms with Gasteiger partial charge in [-0.3, -0.25) is 0 Å². The molecule has 2 unspecified atom stereocenters. The van der Waals surface area contributed by atoms with E-state index in [1.54, 1.807) is 29.0 Å². The molecule has 41 heavy (non-hydrogen) atoms. The van der Waals surface area contributed by atoms with Gasteiger partial charge in [-0.25, -0.2) is 18.1 Å². The van der Waals surface area contributed by atoms with E-state index in [0.717, 1.165) is 15.9 Å². The van der Waals surface area contributed by atoms with Crippen molar-refractivity contribution in [3.05, 3.63) is 95.6 Å². The van der Waals surface area contributed by atoms with E-state index in [0.29, 0.717) is 40.5 Å². The minimum absolute atomic E-state index is 0.187. The molecule has 1 saturated heterocycles. The predicted octanol–water partition coefficient (Wildman–Crippen LogP) is 6.01. The van der Waals surface area contributed by atoms with Crippen LogP contribution in [-0.4, -0.2) is 52.8 Å². The van der Waals surface area contributed by atoms with Crippen molar-refractivity contribution >= 4 is 43.2 Å². The van der Waals surface area contributed by atoms with Crippen LogP contribution in [-0.2, 0) is 14.8 Å². The van der Waals surface area contributed by atoms with Crippen molar-refractivity contribution in [3.63, 3.8) is 0 Å². The molecular weight excluding hydrogens is 555 g/mol. The van der Waals surface area contributed by atoms with Gasteiger partial charge in [0.1, 0.15) is 16.8 Å². The Morgan fingerprint density at radius 3 is 2.49 bits per heavy atom. The summed E-state index contributed by atoms with van der Waals surface area (Å²) >= 11 is 1.45. The fraction of sp³-hybridized carbons (Fsp3) is 0.194.